The molecule has 0 aromatic carbocycles. The summed E-state index contributed by atoms with van der Waals surface area (Å²) >= 11 is 0. The molecule has 73 heavy (non-hydrogen) atoms. The Morgan fingerprint density at radius 1 is 0.589 bits per heavy atom. The van der Waals surface area contributed by atoms with Gasteiger partial charge in [-0.1, -0.05) is 93.7 Å². The summed E-state index contributed by atoms with van der Waals surface area (Å²) in [6.07, 6.45) is 8.23. The quantitative estimate of drug-likeness (QED) is 0.0765. The molecular formula is C54H94N10O9. The van der Waals surface area contributed by atoms with Crippen LogP contribution in [0.25, 0.3) is 0 Å². The summed E-state index contributed by atoms with van der Waals surface area (Å²) in [6.45, 7) is 27.1. The number of amides is 9. The lowest BCUT2D eigenvalue weighted by atomic mass is 9.97. The lowest BCUT2D eigenvalue weighted by Crippen LogP contribution is -2.60. The zero-order valence-corrected chi connectivity index (χ0v) is 47.3. The molecule has 8 atom stereocenters. The van der Waals surface area contributed by atoms with Crippen LogP contribution in [0, 0.1) is 23.7 Å². The Bertz CT molecular complexity index is 1950. The number of carbonyl (C=O) groups excluding carboxylic acids is 9. The summed E-state index contributed by atoms with van der Waals surface area (Å²) in [5.74, 6) is -5.17. The molecule has 1 saturated heterocycles. The van der Waals surface area contributed by atoms with Gasteiger partial charge in [0, 0.05) is 54.7 Å². The molecule has 414 valence electrons. The number of hydrogen-bond donors (Lipinski definition) is 4. The monoisotopic (exact) mass is 1030 g/mol. The van der Waals surface area contributed by atoms with Crippen LogP contribution in [-0.4, -0.2) is 186 Å². The molecule has 1 unspecified atom stereocenters. The molecule has 0 spiro atoms. The molecule has 0 aromatic heterocycles. The van der Waals surface area contributed by atoms with Gasteiger partial charge in [-0.2, -0.15) is 0 Å². The van der Waals surface area contributed by atoms with Crippen LogP contribution in [0.4, 0.5) is 0 Å². The Labute approximate surface area is 437 Å². The summed E-state index contributed by atoms with van der Waals surface area (Å²) in [5, 5.41) is 8.64. The maximum atomic E-state index is 14.7. The lowest BCUT2D eigenvalue weighted by molar-refractivity contribution is -0.151. The second-order valence-corrected chi connectivity index (χ2v) is 21.4. The number of nitrogens with two attached hydrogens (primary N) is 1. The maximum Gasteiger partial charge on any atom is 0.245 e. The number of nitrogens with zero attached hydrogens (tertiary/aromatic N) is 6. The van der Waals surface area contributed by atoms with Crippen molar-refractivity contribution in [2.75, 3.05) is 55.4 Å². The van der Waals surface area contributed by atoms with Crippen molar-refractivity contribution in [1.29, 1.82) is 0 Å². The number of rotatable bonds is 30. The normalized spacial score (nSPS) is 16.3. The lowest BCUT2D eigenvalue weighted by Gasteiger charge is -2.37. The number of carbonyl (C=O) groups is 9. The molecular weight excluding hydrogens is 933 g/mol. The Hall–Kier alpha value is -5.59. The predicted molar refractivity (Wildman–Crippen MR) is 286 cm³/mol. The second kappa shape index (κ2) is 31.2. The topological polar surface area (TPSA) is 235 Å². The van der Waals surface area contributed by atoms with Gasteiger partial charge < -0.3 is 51.1 Å². The van der Waals surface area contributed by atoms with E-state index < -0.39 is 95.6 Å². The van der Waals surface area contributed by atoms with E-state index in [-0.39, 0.29) is 61.7 Å². The van der Waals surface area contributed by atoms with E-state index in [0.29, 0.717) is 25.1 Å². The molecule has 19 heteroatoms. The summed E-state index contributed by atoms with van der Waals surface area (Å²) in [7, 11) is 9.01. The Balaban J connectivity index is 3.52. The average molecular weight is 1030 g/mol. The van der Waals surface area contributed by atoms with Crippen molar-refractivity contribution < 1.29 is 43.2 Å². The van der Waals surface area contributed by atoms with Crippen LogP contribution in [0.2, 0.25) is 0 Å². The zero-order valence-electron chi connectivity index (χ0n) is 47.3. The summed E-state index contributed by atoms with van der Waals surface area (Å²) < 4.78 is 0. The molecule has 5 N–H and O–H groups in total. The molecule has 0 aromatic rings. The van der Waals surface area contributed by atoms with Crippen LogP contribution < -0.4 is 21.7 Å². The Morgan fingerprint density at radius 2 is 1.08 bits per heavy atom. The molecule has 1 fully saturated rings. The third-order valence-corrected chi connectivity index (χ3v) is 13.7. The second-order valence-electron chi connectivity index (χ2n) is 21.4. The highest BCUT2D eigenvalue weighted by molar-refractivity contribution is 5.98. The minimum Gasteiger partial charge on any atom is -0.368 e. The fourth-order valence-electron chi connectivity index (χ4n) is 9.40. The molecule has 19 nitrogen and oxygen atoms in total. The number of primary amides is 1. The van der Waals surface area contributed by atoms with Gasteiger partial charge in [-0.15, -0.1) is 0 Å². The van der Waals surface area contributed by atoms with E-state index >= 15 is 0 Å². The van der Waals surface area contributed by atoms with E-state index in [9.17, 15) is 43.2 Å². The smallest absolute Gasteiger partial charge is 0.245 e. The highest BCUT2D eigenvalue weighted by atomic mass is 16.2. The van der Waals surface area contributed by atoms with Crippen molar-refractivity contribution in [2.45, 2.75) is 175 Å². The van der Waals surface area contributed by atoms with Crippen molar-refractivity contribution in [1.82, 2.24) is 45.3 Å². The van der Waals surface area contributed by atoms with Crippen LogP contribution in [-0.2, 0) is 43.2 Å². The van der Waals surface area contributed by atoms with Gasteiger partial charge in [0.25, 0.3) is 0 Å². The van der Waals surface area contributed by atoms with Gasteiger partial charge in [-0.05, 0) is 88.2 Å². The largest absolute Gasteiger partial charge is 0.368 e. The van der Waals surface area contributed by atoms with Gasteiger partial charge in [0.2, 0.25) is 53.2 Å². The van der Waals surface area contributed by atoms with Crippen molar-refractivity contribution in [3.63, 3.8) is 0 Å². The molecule has 1 rings (SSSR count). The Morgan fingerprint density at radius 3 is 1.55 bits per heavy atom. The van der Waals surface area contributed by atoms with Crippen LogP contribution in [0.1, 0.15) is 127 Å². The SMILES string of the molecule is C=C/C=C(\C=C)C[C@@H](C(=O)N[C@@H](C)C(=O)N(C)[C@@H](CC(C)C)C(=O)N(C)[C@@H](CC(C)C)C(N)=O)N(C)C(=O)[C@H](CC)N(C)C(=O)[C@H](CC(C)C)NC(=O)[C@H](C(C)C)N(C)C(=O)CC(NC)C(=O)N1CCCCC1. The molecule has 9 amide bonds. The first-order valence-electron chi connectivity index (χ1n) is 26.1. The number of allylic oxidation sites excluding steroid dienone is 3. The molecule has 0 radical (unpaired) electrons. The van der Waals surface area contributed by atoms with Gasteiger partial charge in [-0.3, -0.25) is 43.2 Å². The van der Waals surface area contributed by atoms with Crippen molar-refractivity contribution in [3.8, 4) is 0 Å². The van der Waals surface area contributed by atoms with E-state index in [2.05, 4.69) is 29.1 Å². The van der Waals surface area contributed by atoms with Crippen molar-refractivity contribution in [3.05, 3.63) is 37.0 Å². The third-order valence-electron chi connectivity index (χ3n) is 13.7. The van der Waals surface area contributed by atoms with Crippen LogP contribution in [0.15, 0.2) is 37.0 Å². The first-order chi connectivity index (χ1) is 34.0. The first kappa shape index (κ1) is 65.4. The average Bonchev–Trinajstić information content (AvgIpc) is 3.33. The van der Waals surface area contributed by atoms with Crippen LogP contribution in [0.5, 0.6) is 0 Å². The predicted octanol–water partition coefficient (Wildman–Crippen LogP) is 3.48. The molecule has 1 heterocycles. The summed E-state index contributed by atoms with van der Waals surface area (Å²) in [4.78, 5) is 134. The summed E-state index contributed by atoms with van der Waals surface area (Å²) in [5.41, 5.74) is 6.27. The molecule has 1 aliphatic rings. The first-order valence-corrected chi connectivity index (χ1v) is 26.1. The van der Waals surface area contributed by atoms with E-state index in [1.807, 2.05) is 41.5 Å². The standard InChI is InChI=1S/C54H94N10O9/c1-19-25-38(20-2)31-43(48(67)57-37(12)50(69)62(17)44(30-35(8)9)54(73)60(15)42(47(55)66)29-34(6)7)61(16)53(72)41(21-3)59(14)51(70)40(28-33(4)5)58-49(68)46(36(10)11)63(18)45(65)32-39(56-13)52(71)64-26-23-22-24-27-64/h19-20,25,33-37,39-44,46,56H,1-2,21-24,26-32H2,3-18H3,(H2,55,66)(H,57,67)(H,58,68)/b38-25+/t37-,39?,40-,41-,42-,43-,44-,46-/m0/s1. The van der Waals surface area contributed by atoms with Crippen LogP contribution >= 0.6 is 0 Å². The molecule has 0 saturated carbocycles. The third kappa shape index (κ3) is 19.3. The molecule has 1 aliphatic heterocycles. The van der Waals surface area contributed by atoms with Crippen LogP contribution in [0.3, 0.4) is 0 Å². The maximum absolute atomic E-state index is 14.7. The summed E-state index contributed by atoms with van der Waals surface area (Å²) in [6, 6.07) is -8.29. The van der Waals surface area contributed by atoms with Crippen molar-refractivity contribution in [2.24, 2.45) is 29.4 Å². The van der Waals surface area contributed by atoms with Gasteiger partial charge in [0.15, 0.2) is 0 Å². The van der Waals surface area contributed by atoms with Gasteiger partial charge in [-0.25, -0.2) is 0 Å². The minimum absolute atomic E-state index is 0.0369. The number of nitrogens with one attached hydrogen (secondary N) is 3. The fraction of sp³-hybridized carbons (Fsp3) is 0.722. The zero-order chi connectivity index (χ0) is 56.2. The highest BCUT2D eigenvalue weighted by Crippen LogP contribution is 2.22. The minimum atomic E-state index is -1.23. The highest BCUT2D eigenvalue weighted by Gasteiger charge is 2.41. The van der Waals surface area contributed by atoms with E-state index in [0.717, 1.165) is 19.3 Å². The fourth-order valence-corrected chi connectivity index (χ4v) is 9.40. The van der Waals surface area contributed by atoms with E-state index in [4.69, 9.17) is 5.73 Å². The van der Waals surface area contributed by atoms with Gasteiger partial charge >= 0.3 is 0 Å². The Kier molecular flexibility index (Phi) is 28.0. The number of piperidine rings is 1. The van der Waals surface area contributed by atoms with Crippen molar-refractivity contribution >= 4 is 53.2 Å². The van der Waals surface area contributed by atoms with Gasteiger partial charge in [0.05, 0.1) is 12.5 Å². The van der Waals surface area contributed by atoms with Gasteiger partial charge in [0.1, 0.15) is 42.3 Å². The molecule has 0 bridgehead atoms. The van der Waals surface area contributed by atoms with E-state index in [1.54, 1.807) is 38.8 Å². The molecule has 0 aliphatic carbocycles. The van der Waals surface area contributed by atoms with E-state index in [1.165, 1.54) is 78.8 Å². The number of likely N-dealkylation sites (tertiary alicyclic amines) is 1. The number of likely N-dealkylation sites (N-methyl/N-ethyl adjacent to an activating group) is 6. The number of hydrogen-bond acceptors (Lipinski definition) is 10.